The zero-order chi connectivity index (χ0) is 15.4. The highest BCUT2D eigenvalue weighted by Gasteiger charge is 2.32. The number of rotatable bonds is 5. The molecule has 3 N–H and O–H groups in total. The van der Waals surface area contributed by atoms with Gasteiger partial charge < -0.3 is 11.1 Å². The van der Waals surface area contributed by atoms with Crippen LogP contribution in [0.25, 0.3) is 0 Å². The second kappa shape index (κ2) is 7.36. The zero-order valence-electron chi connectivity index (χ0n) is 12.2. The van der Waals surface area contributed by atoms with Crippen molar-refractivity contribution in [3.05, 3.63) is 34.1 Å². The van der Waals surface area contributed by atoms with E-state index >= 15 is 0 Å². The average Bonchev–Trinajstić information content (AvgIpc) is 2.91. The van der Waals surface area contributed by atoms with Crippen molar-refractivity contribution in [2.75, 3.05) is 6.54 Å². The summed E-state index contributed by atoms with van der Waals surface area (Å²) in [6, 6.07) is 4.97. The molecular formula is C16H22BrFN2O. The third-order valence-electron chi connectivity index (χ3n) is 4.21. The van der Waals surface area contributed by atoms with Gasteiger partial charge in [0, 0.05) is 12.0 Å². The molecule has 1 aliphatic rings. The molecule has 0 heterocycles. The van der Waals surface area contributed by atoms with Gasteiger partial charge in [-0.2, -0.15) is 0 Å². The van der Waals surface area contributed by atoms with Crippen molar-refractivity contribution in [2.24, 2.45) is 17.6 Å². The molecule has 3 atom stereocenters. The fourth-order valence-electron chi connectivity index (χ4n) is 3.09. The topological polar surface area (TPSA) is 55.1 Å². The van der Waals surface area contributed by atoms with Gasteiger partial charge in [0.05, 0.1) is 4.47 Å². The summed E-state index contributed by atoms with van der Waals surface area (Å²) >= 11 is 3.18. The van der Waals surface area contributed by atoms with Crippen LogP contribution in [0.15, 0.2) is 22.7 Å². The maximum atomic E-state index is 13.2. The first kappa shape index (κ1) is 16.4. The number of nitrogens with two attached hydrogens (primary N) is 1. The third kappa shape index (κ3) is 4.27. The molecule has 1 amide bonds. The monoisotopic (exact) mass is 356 g/mol. The lowest BCUT2D eigenvalue weighted by atomic mass is 9.95. The van der Waals surface area contributed by atoms with Crippen LogP contribution in [0.5, 0.6) is 0 Å². The van der Waals surface area contributed by atoms with Crippen LogP contribution in [0.2, 0.25) is 0 Å². The van der Waals surface area contributed by atoms with Crippen LogP contribution in [0, 0.1) is 17.7 Å². The van der Waals surface area contributed by atoms with Crippen LogP contribution in [0.3, 0.4) is 0 Å². The van der Waals surface area contributed by atoms with E-state index in [9.17, 15) is 9.18 Å². The van der Waals surface area contributed by atoms with Crippen molar-refractivity contribution in [3.8, 4) is 0 Å². The number of halogens is 2. The molecular weight excluding hydrogens is 335 g/mol. The molecule has 0 radical (unpaired) electrons. The van der Waals surface area contributed by atoms with Gasteiger partial charge in [0.2, 0.25) is 5.91 Å². The fraction of sp³-hybridized carbons (Fsp3) is 0.562. The first-order valence-corrected chi connectivity index (χ1v) is 8.25. The molecule has 0 aromatic heterocycles. The van der Waals surface area contributed by atoms with E-state index in [1.165, 1.54) is 6.07 Å². The summed E-state index contributed by atoms with van der Waals surface area (Å²) < 4.78 is 13.7. The van der Waals surface area contributed by atoms with Crippen molar-refractivity contribution in [3.63, 3.8) is 0 Å². The summed E-state index contributed by atoms with van der Waals surface area (Å²) in [5.74, 6) is 0.207. The Hall–Kier alpha value is -0.940. The van der Waals surface area contributed by atoms with Crippen molar-refractivity contribution in [1.82, 2.24) is 5.32 Å². The second-order valence-electron chi connectivity index (χ2n) is 5.90. The molecule has 1 fully saturated rings. The smallest absolute Gasteiger partial charge is 0.223 e. The lowest BCUT2D eigenvalue weighted by molar-refractivity contribution is -0.126. The average molecular weight is 357 g/mol. The predicted octanol–water partition coefficient (Wildman–Crippen LogP) is 3.01. The molecule has 2 rings (SSSR count). The summed E-state index contributed by atoms with van der Waals surface area (Å²) in [5, 5.41) is 3.07. The van der Waals surface area contributed by atoms with Gasteiger partial charge in [0.15, 0.2) is 0 Å². The largest absolute Gasteiger partial charge is 0.353 e. The van der Waals surface area contributed by atoms with E-state index < -0.39 is 0 Å². The Morgan fingerprint density at radius 2 is 2.29 bits per heavy atom. The summed E-state index contributed by atoms with van der Waals surface area (Å²) in [4.78, 5) is 12.3. The standard InChI is InChI=1S/C16H22BrFN2O/c1-10(7-11-5-6-15(18)14(17)8-11)20-16(21)13-4-2-3-12(13)9-19/h5-6,8,10,12-13H,2-4,7,9,19H2,1H3,(H,20,21)/t10?,12-,13-/m1/s1. The van der Waals surface area contributed by atoms with Crippen molar-refractivity contribution in [1.29, 1.82) is 0 Å². The van der Waals surface area contributed by atoms with Gasteiger partial charge >= 0.3 is 0 Å². The maximum absolute atomic E-state index is 13.2. The lowest BCUT2D eigenvalue weighted by Crippen LogP contribution is -2.40. The first-order valence-electron chi connectivity index (χ1n) is 7.45. The van der Waals surface area contributed by atoms with E-state index in [1.54, 1.807) is 12.1 Å². The summed E-state index contributed by atoms with van der Waals surface area (Å²) in [6.45, 7) is 2.55. The Morgan fingerprint density at radius 3 is 2.95 bits per heavy atom. The normalized spacial score (nSPS) is 23.0. The number of hydrogen-bond acceptors (Lipinski definition) is 2. The maximum Gasteiger partial charge on any atom is 0.223 e. The van der Waals surface area contributed by atoms with Crippen LogP contribution in [-0.2, 0) is 11.2 Å². The van der Waals surface area contributed by atoms with Gasteiger partial charge in [-0.05, 0) is 72.3 Å². The lowest BCUT2D eigenvalue weighted by Gasteiger charge is -2.21. The summed E-state index contributed by atoms with van der Waals surface area (Å²) in [6.07, 6.45) is 3.75. The number of amides is 1. The van der Waals surface area contributed by atoms with Gasteiger partial charge in [-0.3, -0.25) is 4.79 Å². The highest BCUT2D eigenvalue weighted by Crippen LogP contribution is 2.31. The molecule has 3 nitrogen and oxygen atoms in total. The van der Waals surface area contributed by atoms with Gasteiger partial charge in [0.1, 0.15) is 5.82 Å². The molecule has 21 heavy (non-hydrogen) atoms. The molecule has 0 spiro atoms. The molecule has 1 saturated carbocycles. The first-order chi connectivity index (χ1) is 10.0. The highest BCUT2D eigenvalue weighted by atomic mass is 79.9. The van der Waals surface area contributed by atoms with Crippen LogP contribution >= 0.6 is 15.9 Å². The van der Waals surface area contributed by atoms with Gasteiger partial charge in [0.25, 0.3) is 0 Å². The zero-order valence-corrected chi connectivity index (χ0v) is 13.8. The van der Waals surface area contributed by atoms with Gasteiger partial charge in [-0.25, -0.2) is 4.39 Å². The molecule has 116 valence electrons. The van der Waals surface area contributed by atoms with Gasteiger partial charge in [-0.1, -0.05) is 12.5 Å². The molecule has 0 saturated heterocycles. The highest BCUT2D eigenvalue weighted by molar-refractivity contribution is 9.10. The summed E-state index contributed by atoms with van der Waals surface area (Å²) in [7, 11) is 0. The Balaban J connectivity index is 1.90. The van der Waals surface area contributed by atoms with E-state index in [0.29, 0.717) is 23.4 Å². The van der Waals surface area contributed by atoms with Crippen molar-refractivity contribution >= 4 is 21.8 Å². The van der Waals surface area contributed by atoms with E-state index in [0.717, 1.165) is 24.8 Å². The molecule has 1 unspecified atom stereocenters. The van der Waals surface area contributed by atoms with E-state index in [2.05, 4.69) is 21.2 Å². The Morgan fingerprint density at radius 1 is 1.52 bits per heavy atom. The molecule has 5 heteroatoms. The predicted molar refractivity (Wildman–Crippen MR) is 85.3 cm³/mol. The summed E-state index contributed by atoms with van der Waals surface area (Å²) in [5.41, 5.74) is 6.72. The molecule has 0 aliphatic heterocycles. The van der Waals surface area contributed by atoms with Crippen LogP contribution in [-0.4, -0.2) is 18.5 Å². The number of hydrogen-bond donors (Lipinski definition) is 2. The fourth-order valence-corrected chi connectivity index (χ4v) is 3.51. The number of carbonyl (C=O) groups is 1. The number of nitrogens with one attached hydrogen (secondary N) is 1. The van der Waals surface area contributed by atoms with Crippen LogP contribution < -0.4 is 11.1 Å². The van der Waals surface area contributed by atoms with Crippen LogP contribution in [0.4, 0.5) is 4.39 Å². The molecule has 0 bridgehead atoms. The van der Waals surface area contributed by atoms with E-state index in [1.807, 2.05) is 6.92 Å². The number of carbonyl (C=O) groups excluding carboxylic acids is 1. The number of benzene rings is 1. The van der Waals surface area contributed by atoms with Crippen LogP contribution in [0.1, 0.15) is 31.7 Å². The minimum atomic E-state index is -0.271. The Bertz CT molecular complexity index is 509. The Kier molecular flexibility index (Phi) is 5.76. The SMILES string of the molecule is CC(Cc1ccc(F)c(Br)c1)NC(=O)[C@@H]1CCC[C@@H]1CN. The van der Waals surface area contributed by atoms with E-state index in [4.69, 9.17) is 5.73 Å². The minimum absolute atomic E-state index is 0.0221. The van der Waals surface area contributed by atoms with Crippen molar-refractivity contribution < 1.29 is 9.18 Å². The Labute approximate surface area is 133 Å². The second-order valence-corrected chi connectivity index (χ2v) is 6.75. The third-order valence-corrected chi connectivity index (χ3v) is 4.82. The van der Waals surface area contributed by atoms with Gasteiger partial charge in [-0.15, -0.1) is 0 Å². The molecule has 1 aliphatic carbocycles. The minimum Gasteiger partial charge on any atom is -0.353 e. The molecule has 1 aromatic carbocycles. The van der Waals surface area contributed by atoms with Crippen molar-refractivity contribution in [2.45, 2.75) is 38.6 Å². The quantitative estimate of drug-likeness (QED) is 0.851. The van der Waals surface area contributed by atoms with E-state index in [-0.39, 0.29) is 23.7 Å². The molecule has 1 aromatic rings.